The van der Waals surface area contributed by atoms with Crippen LogP contribution >= 0.6 is 0 Å². The van der Waals surface area contributed by atoms with E-state index >= 15 is 0 Å². The van der Waals surface area contributed by atoms with Gasteiger partial charge in [0.25, 0.3) is 0 Å². The van der Waals surface area contributed by atoms with Gasteiger partial charge in [0.05, 0.1) is 0 Å². The van der Waals surface area contributed by atoms with Crippen LogP contribution in [0.2, 0.25) is 0 Å². The number of allylic oxidation sites excluding steroid dienone is 12. The highest BCUT2D eigenvalue weighted by atomic mass is 16.6. The Morgan fingerprint density at radius 1 is 0.256 bits per heavy atom. The zero-order valence-corrected chi connectivity index (χ0v) is 54.8. The van der Waals surface area contributed by atoms with Crippen LogP contribution in [0, 0.1) is 0 Å². The summed E-state index contributed by atoms with van der Waals surface area (Å²) < 4.78 is 16.9. The van der Waals surface area contributed by atoms with Crippen LogP contribution < -0.4 is 0 Å². The standard InChI is InChI=1S/C76H136O6/c1-4-7-10-13-16-19-22-24-26-28-30-31-32-33-34-35-36-37-38-39-40-41-42-43-44-45-47-48-50-52-54-57-60-63-66-69-75(78)81-72-73(71-80-74(77)68-65-62-59-56-21-18-15-12-9-6-3)82-76(79)70-67-64-61-58-55-53-51-49-46-29-27-25-23-20-17-14-11-8-5-2/h8,11-12,15,17,20,25,27-28,30,46,49,73H,4-7,9-10,13-14,16,18-19,21-24,26,29,31-45,47-48,50-72H2,1-3H3/b11-8-,15-12-,20-17-,27-25-,30-28-,49-46-. The van der Waals surface area contributed by atoms with Crippen LogP contribution in [0.1, 0.15) is 374 Å². The van der Waals surface area contributed by atoms with E-state index in [1.54, 1.807) is 0 Å². The highest BCUT2D eigenvalue weighted by molar-refractivity contribution is 5.71. The largest absolute Gasteiger partial charge is 0.462 e. The highest BCUT2D eigenvalue weighted by Crippen LogP contribution is 2.18. The maximum absolute atomic E-state index is 12.9. The van der Waals surface area contributed by atoms with E-state index < -0.39 is 6.10 Å². The van der Waals surface area contributed by atoms with E-state index in [0.717, 1.165) is 109 Å². The van der Waals surface area contributed by atoms with Gasteiger partial charge in [0.15, 0.2) is 6.10 Å². The number of ether oxygens (including phenoxy) is 3. The van der Waals surface area contributed by atoms with Crippen LogP contribution in [0.3, 0.4) is 0 Å². The molecule has 0 aromatic heterocycles. The fourth-order valence-electron chi connectivity index (χ4n) is 10.6. The molecule has 0 fully saturated rings. The van der Waals surface area contributed by atoms with Gasteiger partial charge in [-0.3, -0.25) is 14.4 Å². The van der Waals surface area contributed by atoms with Crippen molar-refractivity contribution in [1.29, 1.82) is 0 Å². The fourth-order valence-corrected chi connectivity index (χ4v) is 10.6. The van der Waals surface area contributed by atoms with Crippen molar-refractivity contribution in [3.05, 3.63) is 72.9 Å². The normalized spacial score (nSPS) is 12.5. The van der Waals surface area contributed by atoms with Crippen molar-refractivity contribution in [2.24, 2.45) is 0 Å². The van der Waals surface area contributed by atoms with Gasteiger partial charge in [-0.1, -0.05) is 325 Å². The van der Waals surface area contributed by atoms with E-state index in [1.807, 2.05) is 0 Å². The molecule has 6 nitrogen and oxygen atoms in total. The van der Waals surface area contributed by atoms with E-state index in [4.69, 9.17) is 14.2 Å². The lowest BCUT2D eigenvalue weighted by atomic mass is 10.0. The fraction of sp³-hybridized carbons (Fsp3) is 0.803. The first-order valence-electron chi connectivity index (χ1n) is 35.9. The Morgan fingerprint density at radius 3 is 0.805 bits per heavy atom. The number of hydrogen-bond donors (Lipinski definition) is 0. The summed E-state index contributed by atoms with van der Waals surface area (Å²) in [6.07, 6.45) is 92.5. The highest BCUT2D eigenvalue weighted by Gasteiger charge is 2.19. The van der Waals surface area contributed by atoms with Crippen molar-refractivity contribution < 1.29 is 28.6 Å². The zero-order valence-electron chi connectivity index (χ0n) is 54.8. The number of esters is 3. The van der Waals surface area contributed by atoms with Crippen LogP contribution in [-0.2, 0) is 28.6 Å². The molecule has 0 aromatic carbocycles. The van der Waals surface area contributed by atoms with Crippen molar-refractivity contribution >= 4 is 17.9 Å². The lowest BCUT2D eigenvalue weighted by Crippen LogP contribution is -2.30. The number of rotatable bonds is 66. The molecule has 0 aliphatic rings. The predicted molar refractivity (Wildman–Crippen MR) is 358 cm³/mol. The van der Waals surface area contributed by atoms with E-state index in [2.05, 4.69) is 93.7 Å². The monoisotopic (exact) mass is 1150 g/mol. The molecular formula is C76H136O6. The van der Waals surface area contributed by atoms with Crippen molar-refractivity contribution in [2.75, 3.05) is 13.2 Å². The zero-order chi connectivity index (χ0) is 59.2. The molecule has 0 saturated carbocycles. The Bertz CT molecular complexity index is 1500. The Labute approximate surface area is 510 Å². The summed E-state index contributed by atoms with van der Waals surface area (Å²) in [4.78, 5) is 38.3. The first kappa shape index (κ1) is 78.8. The first-order valence-corrected chi connectivity index (χ1v) is 35.9. The maximum atomic E-state index is 12.9. The van der Waals surface area contributed by atoms with Gasteiger partial charge < -0.3 is 14.2 Å². The number of hydrogen-bond acceptors (Lipinski definition) is 6. The van der Waals surface area contributed by atoms with E-state index in [0.29, 0.717) is 19.3 Å². The molecule has 6 heteroatoms. The minimum Gasteiger partial charge on any atom is -0.462 e. The maximum Gasteiger partial charge on any atom is 0.306 e. The average Bonchev–Trinajstić information content (AvgIpc) is 3.48. The summed E-state index contributed by atoms with van der Waals surface area (Å²) >= 11 is 0. The summed E-state index contributed by atoms with van der Waals surface area (Å²) in [7, 11) is 0. The van der Waals surface area contributed by atoms with Gasteiger partial charge in [0.1, 0.15) is 13.2 Å². The minimum absolute atomic E-state index is 0.0810. The number of carbonyl (C=O) groups excluding carboxylic acids is 3. The molecule has 0 rings (SSSR count). The Hall–Kier alpha value is -3.15. The number of carbonyl (C=O) groups is 3. The summed E-state index contributed by atoms with van der Waals surface area (Å²) in [6, 6.07) is 0. The molecule has 0 saturated heterocycles. The van der Waals surface area contributed by atoms with Gasteiger partial charge in [-0.2, -0.15) is 0 Å². The molecule has 0 heterocycles. The Kier molecular flexibility index (Phi) is 67.6. The smallest absolute Gasteiger partial charge is 0.306 e. The van der Waals surface area contributed by atoms with E-state index in [9.17, 15) is 14.4 Å². The Balaban J connectivity index is 4.05. The van der Waals surface area contributed by atoms with Gasteiger partial charge in [0.2, 0.25) is 0 Å². The van der Waals surface area contributed by atoms with Crippen LogP contribution in [0.5, 0.6) is 0 Å². The van der Waals surface area contributed by atoms with Crippen molar-refractivity contribution in [2.45, 2.75) is 380 Å². The van der Waals surface area contributed by atoms with Gasteiger partial charge in [-0.25, -0.2) is 0 Å². The molecule has 0 spiro atoms. The van der Waals surface area contributed by atoms with Crippen LogP contribution in [0.4, 0.5) is 0 Å². The van der Waals surface area contributed by atoms with Gasteiger partial charge in [-0.05, 0) is 103 Å². The van der Waals surface area contributed by atoms with E-state index in [1.165, 1.54) is 225 Å². The quantitative estimate of drug-likeness (QED) is 0.0261. The van der Waals surface area contributed by atoms with Crippen LogP contribution in [-0.4, -0.2) is 37.2 Å². The van der Waals surface area contributed by atoms with Gasteiger partial charge in [0, 0.05) is 19.3 Å². The second-order valence-electron chi connectivity index (χ2n) is 24.1. The third kappa shape index (κ3) is 67.6. The molecule has 476 valence electrons. The molecule has 0 aromatic rings. The van der Waals surface area contributed by atoms with Crippen molar-refractivity contribution in [3.8, 4) is 0 Å². The van der Waals surface area contributed by atoms with Crippen LogP contribution in [0.25, 0.3) is 0 Å². The molecule has 0 N–H and O–H groups in total. The molecule has 1 unspecified atom stereocenters. The minimum atomic E-state index is -0.786. The predicted octanol–water partition coefficient (Wildman–Crippen LogP) is 24.8. The van der Waals surface area contributed by atoms with Gasteiger partial charge >= 0.3 is 17.9 Å². The number of unbranched alkanes of at least 4 members (excludes halogenated alkanes) is 43. The average molecular weight is 1150 g/mol. The Morgan fingerprint density at radius 2 is 0.500 bits per heavy atom. The molecule has 0 bridgehead atoms. The molecule has 1 atom stereocenters. The molecule has 0 amide bonds. The molecular weight excluding hydrogens is 1010 g/mol. The van der Waals surface area contributed by atoms with Gasteiger partial charge in [-0.15, -0.1) is 0 Å². The summed E-state index contributed by atoms with van der Waals surface area (Å²) in [5.74, 6) is -0.890. The molecule has 0 radical (unpaired) electrons. The second kappa shape index (κ2) is 70.3. The lowest BCUT2D eigenvalue weighted by Gasteiger charge is -2.18. The van der Waals surface area contributed by atoms with Crippen molar-refractivity contribution in [1.82, 2.24) is 0 Å². The molecule has 0 aliphatic carbocycles. The third-order valence-electron chi connectivity index (χ3n) is 15.9. The third-order valence-corrected chi connectivity index (χ3v) is 15.9. The topological polar surface area (TPSA) is 78.9 Å². The second-order valence-corrected chi connectivity index (χ2v) is 24.1. The molecule has 0 aliphatic heterocycles. The molecule has 82 heavy (non-hydrogen) atoms. The van der Waals surface area contributed by atoms with E-state index in [-0.39, 0.29) is 31.1 Å². The van der Waals surface area contributed by atoms with Crippen molar-refractivity contribution in [3.63, 3.8) is 0 Å². The summed E-state index contributed by atoms with van der Waals surface area (Å²) in [5.41, 5.74) is 0. The summed E-state index contributed by atoms with van der Waals surface area (Å²) in [6.45, 7) is 6.49. The lowest BCUT2D eigenvalue weighted by molar-refractivity contribution is -0.167. The van der Waals surface area contributed by atoms with Crippen LogP contribution in [0.15, 0.2) is 72.9 Å². The SMILES string of the molecule is CC/C=C\C/C=C\C/C=C\C/C=C\CCCCCCCCC(=O)OC(COC(=O)CCCCCCC/C=C\CCC)COC(=O)CCCCCCCCCCCCCCCCCCCCCCCCC/C=C\CCCCCCCCCC. The first-order chi connectivity index (χ1) is 40.5. The summed E-state index contributed by atoms with van der Waals surface area (Å²) in [5, 5.41) is 0.